The Morgan fingerprint density at radius 2 is 1.42 bits per heavy atom. The summed E-state index contributed by atoms with van der Waals surface area (Å²) < 4.78 is 0. The number of amides is 1. The lowest BCUT2D eigenvalue weighted by molar-refractivity contribution is 0.102. The molecule has 1 N–H and O–H groups in total. The number of nitrogens with zero attached hydrogens (tertiary/aromatic N) is 2. The Labute approximate surface area is 151 Å². The monoisotopic (exact) mass is 341 g/mol. The molecule has 0 fully saturated rings. The van der Waals surface area contributed by atoms with Gasteiger partial charge in [-0.3, -0.25) is 4.79 Å². The summed E-state index contributed by atoms with van der Waals surface area (Å²) in [6, 6.07) is 21.1. The summed E-state index contributed by atoms with van der Waals surface area (Å²) >= 11 is 0. The van der Waals surface area contributed by atoms with Gasteiger partial charge in [0.1, 0.15) is 0 Å². The Morgan fingerprint density at radius 1 is 0.808 bits per heavy atom. The van der Waals surface area contributed by atoms with Gasteiger partial charge < -0.3 is 5.32 Å². The molecule has 0 saturated carbocycles. The van der Waals surface area contributed by atoms with Gasteiger partial charge in [0.15, 0.2) is 0 Å². The molecule has 0 spiro atoms. The van der Waals surface area contributed by atoms with E-state index >= 15 is 0 Å². The average molecular weight is 341 g/mol. The predicted molar refractivity (Wildman–Crippen MR) is 106 cm³/mol. The number of nitrogens with one attached hydrogen (secondary N) is 1. The number of carbonyl (C=O) groups excluding carboxylic acids is 1. The fourth-order valence-corrected chi connectivity index (χ4v) is 2.92. The van der Waals surface area contributed by atoms with E-state index in [4.69, 9.17) is 0 Å². The predicted octanol–water partition coefficient (Wildman–Crippen LogP) is 5.16. The smallest absolute Gasteiger partial charge is 0.255 e. The van der Waals surface area contributed by atoms with Crippen LogP contribution in [0.5, 0.6) is 0 Å². The molecule has 128 valence electrons. The zero-order chi connectivity index (χ0) is 18.1. The van der Waals surface area contributed by atoms with Crippen LogP contribution in [0, 0.1) is 0 Å². The summed E-state index contributed by atoms with van der Waals surface area (Å²) in [5, 5.41) is 2.94. The number of carbonyl (C=O) groups is 1. The molecule has 1 heterocycles. The molecule has 26 heavy (non-hydrogen) atoms. The topological polar surface area (TPSA) is 54.9 Å². The number of para-hydroxylation sites is 2. The fourth-order valence-electron chi connectivity index (χ4n) is 2.92. The first-order valence-corrected chi connectivity index (χ1v) is 8.68. The van der Waals surface area contributed by atoms with E-state index in [-0.39, 0.29) is 5.91 Å². The van der Waals surface area contributed by atoms with E-state index in [9.17, 15) is 4.79 Å². The van der Waals surface area contributed by atoms with Crippen LogP contribution in [0.2, 0.25) is 0 Å². The van der Waals surface area contributed by atoms with Gasteiger partial charge in [-0.15, -0.1) is 0 Å². The first-order chi connectivity index (χ1) is 12.6. The zero-order valence-corrected chi connectivity index (χ0v) is 14.7. The molecular formula is C22H19N3O. The van der Waals surface area contributed by atoms with Gasteiger partial charge >= 0.3 is 0 Å². The number of hydrogen-bond donors (Lipinski definition) is 1. The van der Waals surface area contributed by atoms with Gasteiger partial charge in [0.25, 0.3) is 5.91 Å². The summed E-state index contributed by atoms with van der Waals surface area (Å²) in [5.41, 5.74) is 5.76. The maximum atomic E-state index is 12.6. The second-order valence-electron chi connectivity index (χ2n) is 6.65. The molecule has 1 amide bonds. The molecule has 0 unspecified atom stereocenters. The molecule has 0 radical (unpaired) electrons. The number of hydrogen-bond acceptors (Lipinski definition) is 3. The lowest BCUT2D eigenvalue weighted by Gasteiger charge is -2.09. The molecule has 0 saturated heterocycles. The van der Waals surface area contributed by atoms with Crippen LogP contribution in [0.3, 0.4) is 0 Å². The Hall–Kier alpha value is -3.27. The van der Waals surface area contributed by atoms with Crippen molar-refractivity contribution in [3.8, 4) is 0 Å². The van der Waals surface area contributed by atoms with Crippen molar-refractivity contribution in [2.45, 2.75) is 19.8 Å². The van der Waals surface area contributed by atoms with E-state index in [2.05, 4.69) is 29.1 Å². The Balaban J connectivity index is 1.62. The summed E-state index contributed by atoms with van der Waals surface area (Å²) in [6.45, 7) is 4.29. The Morgan fingerprint density at radius 3 is 2.08 bits per heavy atom. The van der Waals surface area contributed by atoms with Gasteiger partial charge in [0.05, 0.1) is 22.1 Å². The molecular weight excluding hydrogens is 322 g/mol. The molecule has 4 aromatic rings. The fraction of sp³-hybridized carbons (Fsp3) is 0.136. The number of fused-ring (bicyclic) bond motifs is 2. The molecule has 0 aliphatic heterocycles. The molecule has 1 aromatic heterocycles. The summed E-state index contributed by atoms with van der Waals surface area (Å²) in [7, 11) is 0. The second-order valence-corrected chi connectivity index (χ2v) is 6.65. The summed E-state index contributed by atoms with van der Waals surface area (Å²) in [4.78, 5) is 21.8. The van der Waals surface area contributed by atoms with Crippen molar-refractivity contribution in [1.82, 2.24) is 9.97 Å². The minimum atomic E-state index is -0.154. The minimum absolute atomic E-state index is 0.154. The van der Waals surface area contributed by atoms with E-state index in [0.29, 0.717) is 17.0 Å². The van der Waals surface area contributed by atoms with E-state index in [1.807, 2.05) is 54.6 Å². The molecule has 4 heteroatoms. The SMILES string of the molecule is CC(C)c1ccc(NC(=O)c2ccc3nc4ccccc4nc3c2)cc1. The third-order valence-corrected chi connectivity index (χ3v) is 4.44. The lowest BCUT2D eigenvalue weighted by atomic mass is 10.0. The largest absolute Gasteiger partial charge is 0.322 e. The maximum Gasteiger partial charge on any atom is 0.255 e. The van der Waals surface area contributed by atoms with Crippen molar-refractivity contribution in [2.24, 2.45) is 0 Å². The number of benzene rings is 3. The van der Waals surface area contributed by atoms with Gasteiger partial charge in [-0.25, -0.2) is 9.97 Å². The molecule has 0 aliphatic carbocycles. The molecule has 3 aromatic carbocycles. The zero-order valence-electron chi connectivity index (χ0n) is 14.7. The molecule has 0 bridgehead atoms. The van der Waals surface area contributed by atoms with Crippen LogP contribution in [0.25, 0.3) is 22.1 Å². The maximum absolute atomic E-state index is 12.6. The molecule has 4 rings (SSSR count). The van der Waals surface area contributed by atoms with Crippen molar-refractivity contribution in [3.05, 3.63) is 77.9 Å². The third-order valence-electron chi connectivity index (χ3n) is 4.44. The highest BCUT2D eigenvalue weighted by Crippen LogP contribution is 2.20. The highest BCUT2D eigenvalue weighted by molar-refractivity contribution is 6.06. The van der Waals surface area contributed by atoms with Gasteiger partial charge in [-0.05, 0) is 53.9 Å². The van der Waals surface area contributed by atoms with Gasteiger partial charge in [-0.1, -0.05) is 38.1 Å². The summed E-state index contributed by atoms with van der Waals surface area (Å²) in [6.07, 6.45) is 0. The van der Waals surface area contributed by atoms with E-state index in [1.54, 1.807) is 12.1 Å². The van der Waals surface area contributed by atoms with Crippen LogP contribution in [0.15, 0.2) is 66.7 Å². The number of aromatic nitrogens is 2. The lowest BCUT2D eigenvalue weighted by Crippen LogP contribution is -2.12. The average Bonchev–Trinajstić information content (AvgIpc) is 2.66. The van der Waals surface area contributed by atoms with Crippen LogP contribution < -0.4 is 5.32 Å². The second kappa shape index (κ2) is 6.56. The Bertz CT molecular complexity index is 1100. The molecule has 4 nitrogen and oxygen atoms in total. The third kappa shape index (κ3) is 3.14. The van der Waals surface area contributed by atoms with Crippen LogP contribution >= 0.6 is 0 Å². The minimum Gasteiger partial charge on any atom is -0.322 e. The van der Waals surface area contributed by atoms with Crippen molar-refractivity contribution in [2.75, 3.05) is 5.32 Å². The van der Waals surface area contributed by atoms with E-state index in [1.165, 1.54) is 5.56 Å². The van der Waals surface area contributed by atoms with Crippen LogP contribution in [0.1, 0.15) is 35.7 Å². The van der Waals surface area contributed by atoms with Crippen molar-refractivity contribution in [1.29, 1.82) is 0 Å². The normalized spacial score (nSPS) is 11.2. The van der Waals surface area contributed by atoms with Crippen LogP contribution in [-0.4, -0.2) is 15.9 Å². The molecule has 0 aliphatic rings. The van der Waals surface area contributed by atoms with Crippen LogP contribution in [-0.2, 0) is 0 Å². The van der Waals surface area contributed by atoms with E-state index < -0.39 is 0 Å². The summed E-state index contributed by atoms with van der Waals surface area (Å²) in [5.74, 6) is 0.313. The van der Waals surface area contributed by atoms with Crippen molar-refractivity contribution < 1.29 is 4.79 Å². The Kier molecular flexibility index (Phi) is 4.09. The highest BCUT2D eigenvalue weighted by atomic mass is 16.1. The van der Waals surface area contributed by atoms with Gasteiger partial charge in [0.2, 0.25) is 0 Å². The standard InChI is InChI=1S/C22H19N3O/c1-14(2)15-7-10-17(11-8-15)23-22(26)16-9-12-20-21(13-16)25-19-6-4-3-5-18(19)24-20/h3-14H,1-2H3,(H,23,26). The first-order valence-electron chi connectivity index (χ1n) is 8.68. The van der Waals surface area contributed by atoms with Crippen molar-refractivity contribution >= 4 is 33.7 Å². The van der Waals surface area contributed by atoms with E-state index in [0.717, 1.165) is 22.2 Å². The molecule has 0 atom stereocenters. The number of rotatable bonds is 3. The quantitative estimate of drug-likeness (QED) is 0.524. The van der Waals surface area contributed by atoms with Gasteiger partial charge in [0, 0.05) is 11.3 Å². The number of anilines is 1. The van der Waals surface area contributed by atoms with Gasteiger partial charge in [-0.2, -0.15) is 0 Å². The van der Waals surface area contributed by atoms with Crippen molar-refractivity contribution in [3.63, 3.8) is 0 Å². The first kappa shape index (κ1) is 16.2. The highest BCUT2D eigenvalue weighted by Gasteiger charge is 2.09. The van der Waals surface area contributed by atoms with Crippen LogP contribution in [0.4, 0.5) is 5.69 Å².